The monoisotopic (exact) mass is 331 g/mol. The molecule has 0 bridgehead atoms. The molecule has 0 saturated carbocycles. The lowest BCUT2D eigenvalue weighted by Gasteiger charge is -2.34. The van der Waals surface area contributed by atoms with Crippen LogP contribution in [0.1, 0.15) is 18.4 Å². The van der Waals surface area contributed by atoms with Crippen LogP contribution in [0.2, 0.25) is 5.02 Å². The molecule has 5 nitrogen and oxygen atoms in total. The molecule has 0 unspecified atom stereocenters. The summed E-state index contributed by atoms with van der Waals surface area (Å²) in [5, 5.41) is 0.503. The Labute approximate surface area is 131 Å². The maximum absolute atomic E-state index is 12.7. The van der Waals surface area contributed by atoms with Gasteiger partial charge in [0.2, 0.25) is 10.0 Å². The van der Waals surface area contributed by atoms with Gasteiger partial charge >= 0.3 is 0 Å². The maximum Gasteiger partial charge on any atom is 0.243 e. The highest BCUT2D eigenvalue weighted by molar-refractivity contribution is 7.89. The molecule has 1 aromatic carbocycles. The van der Waals surface area contributed by atoms with E-state index in [1.807, 2.05) is 14.1 Å². The number of halogens is 1. The zero-order valence-corrected chi connectivity index (χ0v) is 14.0. The van der Waals surface area contributed by atoms with E-state index in [0.717, 1.165) is 12.8 Å². The van der Waals surface area contributed by atoms with E-state index in [1.54, 1.807) is 22.5 Å². The number of benzene rings is 1. The number of sulfonamides is 1. The van der Waals surface area contributed by atoms with Crippen molar-refractivity contribution in [3.63, 3.8) is 0 Å². The van der Waals surface area contributed by atoms with Crippen molar-refractivity contribution >= 4 is 21.6 Å². The SMILES string of the molecule is CN(C)C1CCN(S(=O)(=O)c2ccc(Cl)c(CN)c2)CC1. The molecule has 0 atom stereocenters. The Hall–Kier alpha value is -0.660. The predicted octanol–water partition coefficient (Wildman–Crippen LogP) is 1.51. The van der Waals surface area contributed by atoms with Crippen LogP contribution in [0.15, 0.2) is 23.1 Å². The van der Waals surface area contributed by atoms with E-state index in [-0.39, 0.29) is 11.4 Å². The molecule has 0 radical (unpaired) electrons. The molecule has 0 aromatic heterocycles. The van der Waals surface area contributed by atoms with Crippen molar-refractivity contribution in [2.24, 2.45) is 5.73 Å². The molecule has 21 heavy (non-hydrogen) atoms. The lowest BCUT2D eigenvalue weighted by atomic mass is 10.1. The Morgan fingerprint density at radius 2 is 1.95 bits per heavy atom. The van der Waals surface area contributed by atoms with Gasteiger partial charge in [-0.25, -0.2) is 8.42 Å². The number of hydrogen-bond donors (Lipinski definition) is 1. The van der Waals surface area contributed by atoms with Gasteiger partial charge in [-0.3, -0.25) is 0 Å². The van der Waals surface area contributed by atoms with Gasteiger partial charge in [0, 0.05) is 30.7 Å². The first-order valence-corrected chi connectivity index (χ1v) is 8.83. The molecule has 1 aliphatic rings. The highest BCUT2D eigenvalue weighted by Gasteiger charge is 2.30. The topological polar surface area (TPSA) is 66.6 Å². The summed E-state index contributed by atoms with van der Waals surface area (Å²) >= 11 is 5.99. The molecule has 2 N–H and O–H groups in total. The zero-order chi connectivity index (χ0) is 15.6. The third-order valence-corrected chi connectivity index (χ3v) is 6.29. The van der Waals surface area contributed by atoms with Crippen LogP contribution in [0.5, 0.6) is 0 Å². The minimum Gasteiger partial charge on any atom is -0.326 e. The van der Waals surface area contributed by atoms with Gasteiger partial charge in [-0.1, -0.05) is 11.6 Å². The minimum atomic E-state index is -3.46. The predicted molar refractivity (Wildman–Crippen MR) is 84.8 cm³/mol. The minimum absolute atomic E-state index is 0.227. The standard InChI is InChI=1S/C14H22ClN3O2S/c1-17(2)12-5-7-18(8-6-12)21(19,20)13-3-4-14(15)11(9-13)10-16/h3-4,9,12H,5-8,10,16H2,1-2H3. The molecule has 0 aliphatic carbocycles. The number of piperidine rings is 1. The average Bonchev–Trinajstić information content (AvgIpc) is 2.47. The third-order valence-electron chi connectivity index (χ3n) is 4.03. The first kappa shape index (κ1) is 16.7. The van der Waals surface area contributed by atoms with Gasteiger partial charge in [0.25, 0.3) is 0 Å². The Balaban J connectivity index is 2.19. The van der Waals surface area contributed by atoms with Crippen LogP contribution in [0, 0.1) is 0 Å². The summed E-state index contributed by atoms with van der Waals surface area (Å²) in [6.45, 7) is 1.32. The smallest absolute Gasteiger partial charge is 0.243 e. The number of rotatable bonds is 4. The molecule has 0 amide bonds. The molecule has 1 fully saturated rings. The van der Waals surface area contributed by atoms with Gasteiger partial charge in [-0.05, 0) is 50.7 Å². The fraction of sp³-hybridized carbons (Fsp3) is 0.571. The summed E-state index contributed by atoms with van der Waals surface area (Å²) in [6, 6.07) is 5.18. The summed E-state index contributed by atoms with van der Waals surface area (Å²) in [6.07, 6.45) is 1.70. The van der Waals surface area contributed by atoms with E-state index in [2.05, 4.69) is 4.90 Å². The number of nitrogens with zero attached hydrogens (tertiary/aromatic N) is 2. The molecule has 1 saturated heterocycles. The highest BCUT2D eigenvalue weighted by atomic mass is 35.5. The molecule has 1 aliphatic heterocycles. The Kier molecular flexibility index (Phi) is 5.27. The van der Waals surface area contributed by atoms with Crippen molar-refractivity contribution in [1.82, 2.24) is 9.21 Å². The van der Waals surface area contributed by atoms with Crippen LogP contribution >= 0.6 is 11.6 Å². The molecule has 118 valence electrons. The summed E-state index contributed by atoms with van der Waals surface area (Å²) in [5.74, 6) is 0. The van der Waals surface area contributed by atoms with Crippen LogP contribution < -0.4 is 5.73 Å². The Morgan fingerprint density at radius 1 is 1.33 bits per heavy atom. The van der Waals surface area contributed by atoms with Crippen molar-refractivity contribution in [1.29, 1.82) is 0 Å². The van der Waals surface area contributed by atoms with E-state index in [1.165, 1.54) is 0 Å². The zero-order valence-electron chi connectivity index (χ0n) is 12.4. The fourth-order valence-electron chi connectivity index (χ4n) is 2.62. The van der Waals surface area contributed by atoms with Crippen LogP contribution in [0.4, 0.5) is 0 Å². The van der Waals surface area contributed by atoms with Gasteiger partial charge < -0.3 is 10.6 Å². The number of nitrogens with two attached hydrogens (primary N) is 1. The molecule has 2 rings (SSSR count). The van der Waals surface area contributed by atoms with Gasteiger partial charge in [0.05, 0.1) is 4.90 Å². The van der Waals surface area contributed by atoms with Crippen molar-refractivity contribution in [2.75, 3.05) is 27.2 Å². The summed E-state index contributed by atoms with van der Waals surface area (Å²) < 4.78 is 26.9. The number of hydrogen-bond acceptors (Lipinski definition) is 4. The summed E-state index contributed by atoms with van der Waals surface area (Å²) in [5.41, 5.74) is 6.25. The second-order valence-electron chi connectivity index (χ2n) is 5.56. The van der Waals surface area contributed by atoms with Crippen molar-refractivity contribution in [2.45, 2.75) is 30.3 Å². The van der Waals surface area contributed by atoms with Gasteiger partial charge in [-0.15, -0.1) is 0 Å². The highest BCUT2D eigenvalue weighted by Crippen LogP contribution is 2.25. The van der Waals surface area contributed by atoms with E-state index in [0.29, 0.717) is 29.7 Å². The average molecular weight is 332 g/mol. The van der Waals surface area contributed by atoms with E-state index in [4.69, 9.17) is 17.3 Å². The summed E-state index contributed by atoms with van der Waals surface area (Å²) in [7, 11) is 0.599. The molecular formula is C14H22ClN3O2S. The fourth-order valence-corrected chi connectivity index (χ4v) is 4.33. The second-order valence-corrected chi connectivity index (χ2v) is 7.90. The molecule has 1 aromatic rings. The molecular weight excluding hydrogens is 310 g/mol. The van der Waals surface area contributed by atoms with Crippen LogP contribution in [0.25, 0.3) is 0 Å². The van der Waals surface area contributed by atoms with Gasteiger partial charge in [-0.2, -0.15) is 4.31 Å². The van der Waals surface area contributed by atoms with Crippen LogP contribution in [-0.2, 0) is 16.6 Å². The molecule has 0 spiro atoms. The second kappa shape index (κ2) is 6.62. The van der Waals surface area contributed by atoms with E-state index >= 15 is 0 Å². The maximum atomic E-state index is 12.7. The van der Waals surface area contributed by atoms with Crippen molar-refractivity contribution in [3.05, 3.63) is 28.8 Å². The van der Waals surface area contributed by atoms with Crippen LogP contribution in [0.3, 0.4) is 0 Å². The lowest BCUT2D eigenvalue weighted by molar-refractivity contribution is 0.196. The first-order valence-electron chi connectivity index (χ1n) is 7.01. The van der Waals surface area contributed by atoms with Gasteiger partial charge in [0.15, 0.2) is 0 Å². The van der Waals surface area contributed by atoms with Crippen molar-refractivity contribution < 1.29 is 8.42 Å². The Morgan fingerprint density at radius 3 is 2.48 bits per heavy atom. The summed E-state index contributed by atoms with van der Waals surface area (Å²) in [4.78, 5) is 2.43. The van der Waals surface area contributed by atoms with Crippen molar-refractivity contribution in [3.8, 4) is 0 Å². The quantitative estimate of drug-likeness (QED) is 0.908. The largest absolute Gasteiger partial charge is 0.326 e. The lowest BCUT2D eigenvalue weighted by Crippen LogP contribution is -2.44. The molecule has 1 heterocycles. The van der Waals surface area contributed by atoms with Gasteiger partial charge in [0.1, 0.15) is 0 Å². The third kappa shape index (κ3) is 3.57. The first-order chi connectivity index (χ1) is 9.86. The Bertz CT molecular complexity index is 596. The van der Waals surface area contributed by atoms with E-state index in [9.17, 15) is 8.42 Å². The van der Waals surface area contributed by atoms with E-state index < -0.39 is 10.0 Å². The van der Waals surface area contributed by atoms with Crippen LogP contribution in [-0.4, -0.2) is 50.8 Å². The normalized spacial score (nSPS) is 18.3. The molecule has 7 heteroatoms.